The van der Waals surface area contributed by atoms with Gasteiger partial charge in [-0.05, 0) is 39.5 Å². The first-order valence-corrected chi connectivity index (χ1v) is 6.99. The molecule has 1 aromatic rings. The van der Waals surface area contributed by atoms with Crippen LogP contribution in [-0.2, 0) is 12.0 Å². The number of aromatic hydroxyl groups is 1. The van der Waals surface area contributed by atoms with Crippen LogP contribution in [0.25, 0.3) is 0 Å². The molecule has 1 atom stereocenters. The Hall–Kier alpha value is -0.990. The van der Waals surface area contributed by atoms with Crippen LogP contribution in [0.4, 0.5) is 0 Å². The molecule has 0 bridgehead atoms. The number of nitrogens with zero attached hydrogens (tertiary/aromatic N) is 2. The van der Waals surface area contributed by atoms with Crippen molar-refractivity contribution in [2.24, 2.45) is 5.92 Å². The van der Waals surface area contributed by atoms with Crippen molar-refractivity contribution in [2.75, 3.05) is 0 Å². The Bertz CT molecular complexity index is 399. The summed E-state index contributed by atoms with van der Waals surface area (Å²) in [5, 5.41) is 15.1. The third kappa shape index (κ3) is 3.06. The van der Waals surface area contributed by atoms with E-state index in [1.165, 1.54) is 0 Å². The van der Waals surface area contributed by atoms with E-state index in [1.807, 2.05) is 4.68 Å². The predicted octanol–water partition coefficient (Wildman–Crippen LogP) is 4.06. The second kappa shape index (κ2) is 5.33. The van der Waals surface area contributed by atoms with Crippen LogP contribution in [0.1, 0.15) is 72.2 Å². The van der Waals surface area contributed by atoms with Crippen LogP contribution in [0.15, 0.2) is 0 Å². The molecule has 0 aliphatic rings. The predicted molar refractivity (Wildman–Crippen MR) is 76.1 cm³/mol. The number of hydrogen-bond acceptors (Lipinski definition) is 2. The van der Waals surface area contributed by atoms with Crippen molar-refractivity contribution in [1.82, 2.24) is 9.78 Å². The van der Waals surface area contributed by atoms with Crippen molar-refractivity contribution >= 4 is 0 Å². The standard InChI is InChI=1S/C15H28N2O/c1-8-11(4)13-14(18)12(9-10(2)3)16-17(13)15(5,6)7/h10-11,18H,8-9H2,1-7H3. The van der Waals surface area contributed by atoms with Crippen LogP contribution >= 0.6 is 0 Å². The van der Waals surface area contributed by atoms with E-state index in [2.05, 4.69) is 53.6 Å². The van der Waals surface area contributed by atoms with Gasteiger partial charge in [-0.3, -0.25) is 4.68 Å². The Labute approximate surface area is 111 Å². The molecule has 0 radical (unpaired) electrons. The second-order valence-electron chi connectivity index (χ2n) is 6.67. The largest absolute Gasteiger partial charge is 0.504 e. The van der Waals surface area contributed by atoms with Crippen molar-refractivity contribution in [1.29, 1.82) is 0 Å². The summed E-state index contributed by atoms with van der Waals surface area (Å²) >= 11 is 0. The van der Waals surface area contributed by atoms with Gasteiger partial charge in [0.2, 0.25) is 0 Å². The molecular formula is C15H28N2O. The molecule has 104 valence electrons. The maximum absolute atomic E-state index is 10.4. The van der Waals surface area contributed by atoms with E-state index in [0.29, 0.717) is 17.6 Å². The van der Waals surface area contributed by atoms with E-state index < -0.39 is 0 Å². The molecular weight excluding hydrogens is 224 g/mol. The monoisotopic (exact) mass is 252 g/mol. The van der Waals surface area contributed by atoms with Crippen molar-refractivity contribution in [3.05, 3.63) is 11.4 Å². The lowest BCUT2D eigenvalue weighted by Crippen LogP contribution is -2.26. The summed E-state index contributed by atoms with van der Waals surface area (Å²) in [5.74, 6) is 1.25. The SMILES string of the molecule is CCC(C)c1c(O)c(CC(C)C)nn1C(C)(C)C. The van der Waals surface area contributed by atoms with Crippen molar-refractivity contribution < 1.29 is 5.11 Å². The van der Waals surface area contributed by atoms with Crippen LogP contribution in [-0.4, -0.2) is 14.9 Å². The first-order chi connectivity index (χ1) is 8.18. The summed E-state index contributed by atoms with van der Waals surface area (Å²) in [6.45, 7) is 15.0. The van der Waals surface area contributed by atoms with E-state index in [9.17, 15) is 5.11 Å². The zero-order valence-corrected chi connectivity index (χ0v) is 12.9. The molecule has 1 heterocycles. The minimum atomic E-state index is -0.0918. The molecule has 0 aliphatic carbocycles. The molecule has 0 aliphatic heterocycles. The number of aromatic nitrogens is 2. The minimum Gasteiger partial charge on any atom is -0.504 e. The van der Waals surface area contributed by atoms with Gasteiger partial charge in [-0.2, -0.15) is 5.10 Å². The highest BCUT2D eigenvalue weighted by molar-refractivity contribution is 5.35. The lowest BCUT2D eigenvalue weighted by atomic mass is 9.99. The van der Waals surface area contributed by atoms with Crippen LogP contribution in [0.2, 0.25) is 0 Å². The Morgan fingerprint density at radius 2 is 1.78 bits per heavy atom. The smallest absolute Gasteiger partial charge is 0.160 e. The molecule has 1 aromatic heterocycles. The van der Waals surface area contributed by atoms with E-state index in [0.717, 1.165) is 24.2 Å². The lowest BCUT2D eigenvalue weighted by molar-refractivity contribution is 0.329. The Balaban J connectivity index is 3.32. The summed E-state index contributed by atoms with van der Waals surface area (Å²) in [6.07, 6.45) is 1.84. The fourth-order valence-electron chi connectivity index (χ4n) is 2.14. The third-order valence-corrected chi connectivity index (χ3v) is 3.28. The Morgan fingerprint density at radius 1 is 1.22 bits per heavy atom. The van der Waals surface area contributed by atoms with Crippen LogP contribution in [0, 0.1) is 5.92 Å². The normalized spacial score (nSPS) is 14.2. The van der Waals surface area contributed by atoms with Gasteiger partial charge in [0, 0.05) is 5.92 Å². The van der Waals surface area contributed by atoms with Crippen LogP contribution in [0.3, 0.4) is 0 Å². The fraction of sp³-hybridized carbons (Fsp3) is 0.800. The molecule has 0 fully saturated rings. The molecule has 1 unspecified atom stereocenters. The van der Waals surface area contributed by atoms with E-state index >= 15 is 0 Å². The molecule has 0 saturated heterocycles. The molecule has 1 rings (SSSR count). The van der Waals surface area contributed by atoms with Gasteiger partial charge in [-0.1, -0.05) is 27.7 Å². The van der Waals surface area contributed by atoms with Gasteiger partial charge in [0.15, 0.2) is 5.75 Å². The molecule has 0 aromatic carbocycles. The average molecular weight is 252 g/mol. The summed E-state index contributed by atoms with van der Waals surface area (Å²) in [7, 11) is 0. The highest BCUT2D eigenvalue weighted by Gasteiger charge is 2.27. The molecule has 18 heavy (non-hydrogen) atoms. The Morgan fingerprint density at radius 3 is 2.17 bits per heavy atom. The zero-order chi connectivity index (χ0) is 14.1. The third-order valence-electron chi connectivity index (χ3n) is 3.28. The van der Waals surface area contributed by atoms with E-state index in [-0.39, 0.29) is 5.54 Å². The van der Waals surface area contributed by atoms with Crippen molar-refractivity contribution in [3.8, 4) is 5.75 Å². The fourth-order valence-corrected chi connectivity index (χ4v) is 2.14. The Kier molecular flexibility index (Phi) is 4.46. The zero-order valence-electron chi connectivity index (χ0n) is 12.9. The molecule has 0 spiro atoms. The first kappa shape index (κ1) is 15.1. The molecule has 0 saturated carbocycles. The summed E-state index contributed by atoms with van der Waals surface area (Å²) in [5.41, 5.74) is 1.74. The maximum atomic E-state index is 10.4. The quantitative estimate of drug-likeness (QED) is 0.877. The van der Waals surface area contributed by atoms with Gasteiger partial charge in [0.1, 0.15) is 5.69 Å². The summed E-state index contributed by atoms with van der Waals surface area (Å²) in [6, 6.07) is 0. The van der Waals surface area contributed by atoms with Gasteiger partial charge in [-0.15, -0.1) is 0 Å². The van der Waals surface area contributed by atoms with Gasteiger partial charge >= 0.3 is 0 Å². The highest BCUT2D eigenvalue weighted by Crippen LogP contribution is 2.35. The highest BCUT2D eigenvalue weighted by atomic mass is 16.3. The van der Waals surface area contributed by atoms with Gasteiger partial charge in [0.05, 0.1) is 11.2 Å². The van der Waals surface area contributed by atoms with Crippen molar-refractivity contribution in [3.63, 3.8) is 0 Å². The average Bonchev–Trinajstić information content (AvgIpc) is 2.54. The molecule has 3 heteroatoms. The van der Waals surface area contributed by atoms with E-state index in [4.69, 9.17) is 0 Å². The topological polar surface area (TPSA) is 38.1 Å². The summed E-state index contributed by atoms with van der Waals surface area (Å²) in [4.78, 5) is 0. The van der Waals surface area contributed by atoms with Gasteiger partial charge in [-0.25, -0.2) is 0 Å². The lowest BCUT2D eigenvalue weighted by Gasteiger charge is -2.24. The maximum Gasteiger partial charge on any atom is 0.160 e. The van der Waals surface area contributed by atoms with E-state index in [1.54, 1.807) is 0 Å². The second-order valence-corrected chi connectivity index (χ2v) is 6.67. The van der Waals surface area contributed by atoms with Gasteiger partial charge < -0.3 is 5.11 Å². The van der Waals surface area contributed by atoms with Gasteiger partial charge in [0.25, 0.3) is 0 Å². The van der Waals surface area contributed by atoms with Crippen LogP contribution < -0.4 is 0 Å². The first-order valence-electron chi connectivity index (χ1n) is 6.99. The number of rotatable bonds is 4. The summed E-state index contributed by atoms with van der Waals surface area (Å²) < 4.78 is 2.01. The molecule has 3 nitrogen and oxygen atoms in total. The molecule has 0 amide bonds. The number of hydrogen-bond donors (Lipinski definition) is 1. The molecule has 1 N–H and O–H groups in total. The van der Waals surface area contributed by atoms with Crippen molar-refractivity contribution in [2.45, 2.75) is 72.8 Å². The minimum absolute atomic E-state index is 0.0918. The van der Waals surface area contributed by atoms with Crippen LogP contribution in [0.5, 0.6) is 5.75 Å².